The largest absolute Gasteiger partial charge is 0.466 e. The van der Waals surface area contributed by atoms with Crippen LogP contribution in [0.4, 0.5) is 23.2 Å². The van der Waals surface area contributed by atoms with E-state index in [-0.39, 0.29) is 41.7 Å². The fourth-order valence-electron chi connectivity index (χ4n) is 2.72. The Morgan fingerprint density at radius 3 is 2.34 bits per heavy atom. The molecule has 0 aliphatic carbocycles. The molecule has 1 aromatic rings. The molecule has 1 amide bonds. The van der Waals surface area contributed by atoms with Gasteiger partial charge in [0.2, 0.25) is 5.91 Å². The molecule has 12 heteroatoms. The molecular weight excluding hydrogens is 514 g/mol. The van der Waals surface area contributed by atoms with Gasteiger partial charge in [0.05, 0.1) is 23.7 Å². The first kappa shape index (κ1) is 30.5. The molecule has 35 heavy (non-hydrogen) atoms. The second-order valence-electron chi connectivity index (χ2n) is 7.14. The number of halogens is 5. The lowest BCUT2D eigenvalue weighted by Crippen LogP contribution is -2.28. The van der Waals surface area contributed by atoms with E-state index in [4.69, 9.17) is 21.1 Å². The van der Waals surface area contributed by atoms with Gasteiger partial charge in [-0.2, -0.15) is 13.2 Å². The van der Waals surface area contributed by atoms with Crippen molar-refractivity contribution >= 4 is 46.9 Å². The minimum Gasteiger partial charge on any atom is -0.466 e. The number of anilines is 1. The Balaban J connectivity index is 3.19. The van der Waals surface area contributed by atoms with Crippen molar-refractivity contribution in [2.24, 2.45) is 0 Å². The fraction of sp³-hybridized carbons (Fsp3) is 0.435. The summed E-state index contributed by atoms with van der Waals surface area (Å²) < 4.78 is 63.4. The first-order valence-electron chi connectivity index (χ1n) is 10.5. The SMILES string of the molecule is C=C(/C=C(\C)C(F)(F)F)N(C(C)=O)c1cc(SC(CC)C(=O)OCCC(=O)OCC)c(Cl)cc1F. The predicted octanol–water partition coefficient (Wildman–Crippen LogP) is 6.22. The maximum absolute atomic E-state index is 14.7. The third-order valence-corrected chi connectivity index (χ3v) is 6.26. The Labute approximate surface area is 210 Å². The number of amides is 1. The molecule has 0 aliphatic heterocycles. The zero-order chi connectivity index (χ0) is 26.9. The second kappa shape index (κ2) is 13.5. The third kappa shape index (κ3) is 9.21. The highest BCUT2D eigenvalue weighted by atomic mass is 35.5. The van der Waals surface area contributed by atoms with E-state index in [1.165, 1.54) is 0 Å². The number of thioether (sulfide) groups is 1. The van der Waals surface area contributed by atoms with E-state index in [0.717, 1.165) is 37.7 Å². The molecule has 0 bridgehead atoms. The van der Waals surface area contributed by atoms with Crippen LogP contribution < -0.4 is 4.90 Å². The smallest absolute Gasteiger partial charge is 0.412 e. The molecule has 0 radical (unpaired) electrons. The van der Waals surface area contributed by atoms with Crippen LogP contribution in [-0.2, 0) is 23.9 Å². The van der Waals surface area contributed by atoms with Gasteiger partial charge in [-0.3, -0.25) is 19.3 Å². The number of nitrogens with zero attached hydrogens (tertiary/aromatic N) is 1. The van der Waals surface area contributed by atoms with Crippen LogP contribution in [0.5, 0.6) is 0 Å². The quantitative estimate of drug-likeness (QED) is 0.144. The van der Waals surface area contributed by atoms with Crippen LogP contribution in [-0.4, -0.2) is 42.5 Å². The lowest BCUT2D eigenvalue weighted by Gasteiger charge is -2.24. The molecule has 0 aromatic heterocycles. The van der Waals surface area contributed by atoms with Gasteiger partial charge in [-0.1, -0.05) is 25.1 Å². The van der Waals surface area contributed by atoms with Gasteiger partial charge in [0, 0.05) is 23.1 Å². The van der Waals surface area contributed by atoms with Crippen molar-refractivity contribution in [2.75, 3.05) is 18.1 Å². The highest BCUT2D eigenvalue weighted by molar-refractivity contribution is 8.00. The van der Waals surface area contributed by atoms with Gasteiger partial charge < -0.3 is 9.47 Å². The van der Waals surface area contributed by atoms with Gasteiger partial charge in [-0.25, -0.2) is 4.39 Å². The van der Waals surface area contributed by atoms with E-state index in [1.54, 1.807) is 13.8 Å². The molecule has 0 saturated carbocycles. The highest BCUT2D eigenvalue weighted by Gasteiger charge is 2.31. The van der Waals surface area contributed by atoms with E-state index < -0.39 is 46.4 Å². The maximum Gasteiger partial charge on any atom is 0.412 e. The molecule has 0 spiro atoms. The maximum atomic E-state index is 14.7. The number of ether oxygens (including phenoxy) is 2. The second-order valence-corrected chi connectivity index (χ2v) is 8.79. The Bertz CT molecular complexity index is 997. The number of alkyl halides is 3. The molecule has 0 saturated heterocycles. The molecule has 6 nitrogen and oxygen atoms in total. The predicted molar refractivity (Wildman–Crippen MR) is 126 cm³/mol. The van der Waals surface area contributed by atoms with E-state index in [2.05, 4.69) is 6.58 Å². The molecule has 1 rings (SSSR count). The Morgan fingerprint density at radius 1 is 1.20 bits per heavy atom. The normalized spacial score (nSPS) is 12.7. The van der Waals surface area contributed by atoms with Crippen LogP contribution in [0, 0.1) is 5.82 Å². The minimum absolute atomic E-state index is 0.0786. The van der Waals surface area contributed by atoms with E-state index >= 15 is 0 Å². The average molecular weight is 540 g/mol. The van der Waals surface area contributed by atoms with Crippen molar-refractivity contribution in [3.63, 3.8) is 0 Å². The number of hydrogen-bond acceptors (Lipinski definition) is 6. The summed E-state index contributed by atoms with van der Waals surface area (Å²) in [6.07, 6.45) is -3.88. The zero-order valence-corrected chi connectivity index (χ0v) is 21.2. The summed E-state index contributed by atoms with van der Waals surface area (Å²) in [4.78, 5) is 36.9. The van der Waals surface area contributed by atoms with Crippen molar-refractivity contribution < 1.29 is 41.4 Å². The molecule has 0 aliphatic rings. The number of hydrogen-bond donors (Lipinski definition) is 0. The summed E-state index contributed by atoms with van der Waals surface area (Å²) in [5, 5.41) is -0.875. The number of carbonyl (C=O) groups is 3. The average Bonchev–Trinajstić information content (AvgIpc) is 2.73. The van der Waals surface area contributed by atoms with Crippen molar-refractivity contribution in [1.29, 1.82) is 0 Å². The molecule has 1 aromatic carbocycles. The van der Waals surface area contributed by atoms with E-state index in [9.17, 15) is 31.9 Å². The Morgan fingerprint density at radius 2 is 1.83 bits per heavy atom. The molecule has 0 fully saturated rings. The van der Waals surface area contributed by atoms with Gasteiger partial charge in [0.1, 0.15) is 17.7 Å². The van der Waals surface area contributed by atoms with Gasteiger partial charge in [-0.15, -0.1) is 11.8 Å². The van der Waals surface area contributed by atoms with E-state index in [0.29, 0.717) is 11.0 Å². The molecule has 1 unspecified atom stereocenters. The monoisotopic (exact) mass is 539 g/mol. The summed E-state index contributed by atoms with van der Waals surface area (Å²) in [7, 11) is 0. The van der Waals surface area contributed by atoms with Crippen LogP contribution in [0.1, 0.15) is 40.5 Å². The fourth-order valence-corrected chi connectivity index (χ4v) is 3.99. The molecule has 194 valence electrons. The summed E-state index contributed by atoms with van der Waals surface area (Å²) in [6, 6.07) is 2.04. The molecule has 0 heterocycles. The van der Waals surface area contributed by atoms with Gasteiger partial charge in [0.15, 0.2) is 0 Å². The van der Waals surface area contributed by atoms with Crippen molar-refractivity contribution in [1.82, 2.24) is 0 Å². The van der Waals surface area contributed by atoms with Crippen molar-refractivity contribution in [3.05, 3.63) is 46.9 Å². The zero-order valence-electron chi connectivity index (χ0n) is 19.6. The topological polar surface area (TPSA) is 72.9 Å². The molecular formula is C23H26ClF4NO5S. The number of benzene rings is 1. The van der Waals surface area contributed by atoms with E-state index in [1.807, 2.05) is 0 Å². The number of esters is 2. The van der Waals surface area contributed by atoms with Crippen LogP contribution >= 0.6 is 23.4 Å². The van der Waals surface area contributed by atoms with Crippen LogP contribution in [0.15, 0.2) is 41.0 Å². The number of allylic oxidation sites excluding steroid dienone is 2. The highest BCUT2D eigenvalue weighted by Crippen LogP contribution is 2.38. The standard InChI is InChI=1S/C23H26ClF4NO5S/c1-6-19(22(32)34-9-8-21(31)33-7-2)35-20-12-18(17(25)11-16(20)24)29(15(5)30)14(4)10-13(3)23(26,27)28/h10-12,19H,4,6-9H2,1-3,5H3/b13-10+. The van der Waals surface area contributed by atoms with Gasteiger partial charge in [-0.05, 0) is 38.5 Å². The minimum atomic E-state index is -4.66. The first-order valence-corrected chi connectivity index (χ1v) is 11.7. The van der Waals surface area contributed by atoms with Crippen LogP contribution in [0.25, 0.3) is 0 Å². The van der Waals surface area contributed by atoms with Crippen molar-refractivity contribution in [3.8, 4) is 0 Å². The third-order valence-electron chi connectivity index (χ3n) is 4.43. The van der Waals surface area contributed by atoms with Gasteiger partial charge >= 0.3 is 18.1 Å². The summed E-state index contributed by atoms with van der Waals surface area (Å²) in [5.41, 5.74) is -1.82. The lowest BCUT2D eigenvalue weighted by molar-refractivity contribution is -0.148. The Hall–Kier alpha value is -2.53. The van der Waals surface area contributed by atoms with Gasteiger partial charge in [0.25, 0.3) is 0 Å². The number of carbonyl (C=O) groups excluding carboxylic acids is 3. The van der Waals surface area contributed by atoms with Crippen LogP contribution in [0.3, 0.4) is 0 Å². The summed E-state index contributed by atoms with van der Waals surface area (Å²) in [6.45, 7) is 8.65. The van der Waals surface area contributed by atoms with Crippen molar-refractivity contribution in [2.45, 2.75) is 56.9 Å². The Kier molecular flexibility index (Phi) is 11.8. The number of rotatable bonds is 11. The molecule has 0 N–H and O–H groups in total. The van der Waals surface area contributed by atoms with Crippen LogP contribution in [0.2, 0.25) is 5.02 Å². The summed E-state index contributed by atoms with van der Waals surface area (Å²) in [5.74, 6) is -2.94. The summed E-state index contributed by atoms with van der Waals surface area (Å²) >= 11 is 7.06. The lowest BCUT2D eigenvalue weighted by atomic mass is 10.2. The first-order chi connectivity index (χ1) is 16.2. The molecule has 1 atom stereocenters.